The number of fused-ring (bicyclic) bond motifs is 2. The van der Waals surface area contributed by atoms with E-state index in [1.165, 1.54) is 37.5 Å². The van der Waals surface area contributed by atoms with E-state index >= 15 is 0 Å². The number of rotatable bonds is 6. The number of benzene rings is 1. The molecule has 0 aromatic heterocycles. The molecular weight excluding hydrogens is 392 g/mol. The summed E-state index contributed by atoms with van der Waals surface area (Å²) in [5.41, 5.74) is 0.307. The number of nitrogens with zero attached hydrogens (tertiary/aromatic N) is 1. The molecule has 1 aromatic carbocycles. The van der Waals surface area contributed by atoms with Crippen molar-refractivity contribution in [2.75, 3.05) is 11.9 Å². The topological polar surface area (TPSA) is 98.5 Å². The molecule has 3 rings (SSSR count). The number of nitrogens with one attached hydrogen (secondary N) is 1. The summed E-state index contributed by atoms with van der Waals surface area (Å²) in [5.74, 6) is 0.998. The normalized spacial score (nSPS) is 24.1. The van der Waals surface area contributed by atoms with Crippen LogP contribution in [0.25, 0.3) is 0 Å². The van der Waals surface area contributed by atoms with Crippen molar-refractivity contribution in [2.24, 2.45) is 17.8 Å². The van der Waals surface area contributed by atoms with Gasteiger partial charge in [-0.05, 0) is 59.0 Å². The Morgan fingerprint density at radius 1 is 1.32 bits per heavy atom. The van der Waals surface area contributed by atoms with Crippen LogP contribution in [0.2, 0.25) is 0 Å². The van der Waals surface area contributed by atoms with E-state index in [1.807, 2.05) is 0 Å². The third kappa shape index (κ3) is 4.36. The van der Waals surface area contributed by atoms with E-state index in [-0.39, 0.29) is 18.3 Å². The number of non-ortho nitro benzene ring substituents is 1. The lowest BCUT2D eigenvalue weighted by Gasteiger charge is -2.20. The van der Waals surface area contributed by atoms with Crippen LogP contribution in [-0.2, 0) is 14.3 Å². The summed E-state index contributed by atoms with van der Waals surface area (Å²) in [6.07, 6.45) is 5.20. The van der Waals surface area contributed by atoms with E-state index in [1.54, 1.807) is 0 Å². The van der Waals surface area contributed by atoms with Crippen molar-refractivity contribution in [1.82, 2.24) is 0 Å². The van der Waals surface area contributed by atoms with Gasteiger partial charge in [-0.2, -0.15) is 0 Å². The van der Waals surface area contributed by atoms with Crippen molar-refractivity contribution in [2.45, 2.75) is 32.1 Å². The summed E-state index contributed by atoms with van der Waals surface area (Å²) in [4.78, 5) is 34.0. The fourth-order valence-electron chi connectivity index (χ4n) is 3.95. The highest BCUT2D eigenvalue weighted by Gasteiger charge is 2.40. The number of amides is 1. The van der Waals surface area contributed by atoms with E-state index < -0.39 is 10.8 Å². The van der Waals surface area contributed by atoms with Crippen molar-refractivity contribution in [3.8, 4) is 0 Å². The molecule has 7 nitrogen and oxygen atoms in total. The molecule has 0 aliphatic heterocycles. The molecule has 1 N–H and O–H groups in total. The molecule has 2 aliphatic carbocycles. The van der Waals surface area contributed by atoms with Gasteiger partial charge >= 0.3 is 5.97 Å². The molecule has 0 spiro atoms. The van der Waals surface area contributed by atoms with Gasteiger partial charge in [-0.3, -0.25) is 19.7 Å². The maximum absolute atomic E-state index is 11.9. The Balaban J connectivity index is 1.45. The molecule has 2 bridgehead atoms. The number of carbonyl (C=O) groups excluding carboxylic acids is 2. The van der Waals surface area contributed by atoms with Crippen LogP contribution in [-0.4, -0.2) is 23.4 Å². The Morgan fingerprint density at radius 3 is 2.72 bits per heavy atom. The van der Waals surface area contributed by atoms with E-state index in [0.29, 0.717) is 28.4 Å². The lowest BCUT2D eigenvalue weighted by atomic mass is 9.86. The van der Waals surface area contributed by atoms with Crippen LogP contribution in [0, 0.1) is 27.9 Å². The summed E-state index contributed by atoms with van der Waals surface area (Å²) < 4.78 is 5.46. The molecule has 134 valence electrons. The molecule has 1 aromatic rings. The van der Waals surface area contributed by atoms with Gasteiger partial charge in [0.2, 0.25) is 0 Å². The largest absolute Gasteiger partial charge is 0.456 e. The Morgan fingerprint density at radius 2 is 2.12 bits per heavy atom. The molecule has 2 saturated carbocycles. The predicted octanol–water partition coefficient (Wildman–Crippen LogP) is 3.67. The summed E-state index contributed by atoms with van der Waals surface area (Å²) in [6, 6.07) is 4.02. The SMILES string of the molecule is O=C(COC(=O)C[C@H]1C[C@H]2CC[C@H]1C2)Nc1ccc([N+](=O)[O-])cc1Br. The van der Waals surface area contributed by atoms with Gasteiger partial charge in [-0.1, -0.05) is 6.42 Å². The number of carbonyl (C=O) groups is 2. The van der Waals surface area contributed by atoms with Crippen molar-refractivity contribution < 1.29 is 19.2 Å². The fourth-order valence-corrected chi connectivity index (χ4v) is 4.42. The zero-order valence-corrected chi connectivity index (χ0v) is 15.2. The Bertz CT molecular complexity index is 708. The number of esters is 1. The first-order valence-corrected chi connectivity index (χ1v) is 9.11. The Kier molecular flexibility index (Phi) is 5.36. The van der Waals surface area contributed by atoms with Gasteiger partial charge in [0.25, 0.3) is 11.6 Å². The van der Waals surface area contributed by atoms with Gasteiger partial charge in [-0.25, -0.2) is 0 Å². The molecule has 2 fully saturated rings. The lowest BCUT2D eigenvalue weighted by molar-refractivity contribution is -0.384. The highest BCUT2D eigenvalue weighted by Crippen LogP contribution is 2.49. The monoisotopic (exact) mass is 410 g/mol. The van der Waals surface area contributed by atoms with Crippen molar-refractivity contribution in [1.29, 1.82) is 0 Å². The first-order valence-electron chi connectivity index (χ1n) is 8.31. The van der Waals surface area contributed by atoms with E-state index in [2.05, 4.69) is 21.2 Å². The standard InChI is InChI=1S/C17H19BrN2O5/c18-14-8-13(20(23)24)3-4-15(14)19-16(21)9-25-17(22)7-12-6-10-1-2-11(12)5-10/h3-4,8,10-12H,1-2,5-7,9H2,(H,19,21)/t10-,11-,12+/m0/s1. The molecule has 8 heteroatoms. The zero-order valence-electron chi connectivity index (χ0n) is 13.6. The third-order valence-electron chi connectivity index (χ3n) is 5.12. The van der Waals surface area contributed by atoms with Crippen LogP contribution in [0.4, 0.5) is 11.4 Å². The summed E-state index contributed by atoms with van der Waals surface area (Å²) in [6.45, 7) is -0.358. The highest BCUT2D eigenvalue weighted by molar-refractivity contribution is 9.10. The number of anilines is 1. The second kappa shape index (κ2) is 7.51. The maximum Gasteiger partial charge on any atom is 0.306 e. The van der Waals surface area contributed by atoms with Crippen LogP contribution < -0.4 is 5.32 Å². The quantitative estimate of drug-likeness (QED) is 0.438. The zero-order chi connectivity index (χ0) is 18.0. The van der Waals surface area contributed by atoms with Crippen LogP contribution in [0.15, 0.2) is 22.7 Å². The van der Waals surface area contributed by atoms with Crippen LogP contribution >= 0.6 is 15.9 Å². The average Bonchev–Trinajstić information content (AvgIpc) is 3.17. The average molecular weight is 411 g/mol. The minimum atomic E-state index is -0.520. The summed E-state index contributed by atoms with van der Waals surface area (Å²) in [5, 5.41) is 13.3. The number of nitro benzene ring substituents is 1. The van der Waals surface area contributed by atoms with Gasteiger partial charge in [0.15, 0.2) is 6.61 Å². The highest BCUT2D eigenvalue weighted by atomic mass is 79.9. The van der Waals surface area contributed by atoms with Gasteiger partial charge in [0.1, 0.15) is 0 Å². The summed E-state index contributed by atoms with van der Waals surface area (Å²) in [7, 11) is 0. The van der Waals surface area contributed by atoms with Crippen molar-refractivity contribution in [3.05, 3.63) is 32.8 Å². The maximum atomic E-state index is 11.9. The molecule has 0 heterocycles. The van der Waals surface area contributed by atoms with Crippen LogP contribution in [0.3, 0.4) is 0 Å². The van der Waals surface area contributed by atoms with Crippen molar-refractivity contribution in [3.63, 3.8) is 0 Å². The Hall–Kier alpha value is -1.96. The number of halogens is 1. The molecule has 0 radical (unpaired) electrons. The number of ether oxygens (including phenoxy) is 1. The third-order valence-corrected chi connectivity index (χ3v) is 5.77. The first-order chi connectivity index (χ1) is 11.9. The van der Waals surface area contributed by atoms with Gasteiger partial charge in [0.05, 0.1) is 10.6 Å². The van der Waals surface area contributed by atoms with Gasteiger partial charge in [-0.15, -0.1) is 0 Å². The van der Waals surface area contributed by atoms with Crippen LogP contribution in [0.1, 0.15) is 32.1 Å². The molecular formula is C17H19BrN2O5. The molecule has 0 saturated heterocycles. The minimum absolute atomic E-state index is 0.0813. The molecule has 3 atom stereocenters. The molecule has 2 aliphatic rings. The molecule has 1 amide bonds. The fraction of sp³-hybridized carbons (Fsp3) is 0.529. The summed E-state index contributed by atoms with van der Waals surface area (Å²) >= 11 is 3.17. The first kappa shape index (κ1) is 17.8. The van der Waals surface area contributed by atoms with Crippen LogP contribution in [0.5, 0.6) is 0 Å². The van der Waals surface area contributed by atoms with E-state index in [0.717, 1.165) is 12.3 Å². The minimum Gasteiger partial charge on any atom is -0.456 e. The van der Waals surface area contributed by atoms with Gasteiger partial charge in [0, 0.05) is 23.0 Å². The van der Waals surface area contributed by atoms with Crippen molar-refractivity contribution >= 4 is 39.2 Å². The van der Waals surface area contributed by atoms with Gasteiger partial charge < -0.3 is 10.1 Å². The van der Waals surface area contributed by atoms with E-state index in [9.17, 15) is 19.7 Å². The number of nitro groups is 1. The Labute approximate surface area is 153 Å². The second-order valence-corrected chi connectivity index (χ2v) is 7.62. The number of hydrogen-bond acceptors (Lipinski definition) is 5. The molecule has 25 heavy (non-hydrogen) atoms. The predicted molar refractivity (Wildman–Crippen MR) is 93.9 cm³/mol. The second-order valence-electron chi connectivity index (χ2n) is 6.77. The lowest BCUT2D eigenvalue weighted by Crippen LogP contribution is -2.23. The van der Waals surface area contributed by atoms with E-state index in [4.69, 9.17) is 4.74 Å². The number of hydrogen-bond donors (Lipinski definition) is 1. The smallest absolute Gasteiger partial charge is 0.306 e. The molecule has 0 unspecified atom stereocenters.